The molecule has 0 unspecified atom stereocenters. The maximum absolute atomic E-state index is 13.3. The molecule has 1 N–H and O–H groups in total. The third-order valence-corrected chi connectivity index (χ3v) is 6.55. The van der Waals surface area contributed by atoms with Crippen molar-refractivity contribution in [2.24, 2.45) is 0 Å². The van der Waals surface area contributed by atoms with Crippen LogP contribution in [0.3, 0.4) is 0 Å². The SMILES string of the molecule is CCn1c(CN(c2ccc(F)cc2)S(C)(=O)=O)nnc1SCC(=O)Nc1ccc(F)c(F)c1. The van der Waals surface area contributed by atoms with Crippen LogP contribution in [-0.2, 0) is 27.9 Å². The van der Waals surface area contributed by atoms with E-state index in [1.54, 1.807) is 11.5 Å². The zero-order chi connectivity index (χ0) is 24.2. The fourth-order valence-electron chi connectivity index (χ4n) is 2.90. The van der Waals surface area contributed by atoms with Crippen LogP contribution in [0.5, 0.6) is 0 Å². The summed E-state index contributed by atoms with van der Waals surface area (Å²) < 4.78 is 66.9. The van der Waals surface area contributed by atoms with Crippen LogP contribution in [0, 0.1) is 17.5 Å². The summed E-state index contributed by atoms with van der Waals surface area (Å²) in [5, 5.41) is 10.9. The highest BCUT2D eigenvalue weighted by Gasteiger charge is 2.22. The molecule has 2 aromatic carbocycles. The summed E-state index contributed by atoms with van der Waals surface area (Å²) in [5.74, 6) is -2.82. The van der Waals surface area contributed by atoms with E-state index in [9.17, 15) is 26.4 Å². The van der Waals surface area contributed by atoms with Crippen molar-refractivity contribution in [2.45, 2.75) is 25.2 Å². The fraction of sp³-hybridized carbons (Fsp3) is 0.250. The number of nitrogens with one attached hydrogen (secondary N) is 1. The third-order valence-electron chi connectivity index (χ3n) is 4.45. The Hall–Kier alpha value is -3.06. The van der Waals surface area contributed by atoms with Crippen LogP contribution in [0.2, 0.25) is 0 Å². The predicted octanol–water partition coefficient (Wildman–Crippen LogP) is 3.41. The maximum atomic E-state index is 13.3. The van der Waals surface area contributed by atoms with Crippen molar-refractivity contribution >= 4 is 39.1 Å². The van der Waals surface area contributed by atoms with Gasteiger partial charge in [-0.2, -0.15) is 0 Å². The molecule has 0 radical (unpaired) electrons. The molecular weight excluding hydrogens is 479 g/mol. The molecule has 0 aliphatic heterocycles. The number of hydrogen-bond donors (Lipinski definition) is 1. The van der Waals surface area contributed by atoms with Gasteiger partial charge in [-0.25, -0.2) is 21.6 Å². The minimum Gasteiger partial charge on any atom is -0.325 e. The third kappa shape index (κ3) is 6.26. The topological polar surface area (TPSA) is 97.2 Å². The molecule has 0 aliphatic rings. The lowest BCUT2D eigenvalue weighted by Crippen LogP contribution is -2.30. The summed E-state index contributed by atoms with van der Waals surface area (Å²) in [7, 11) is -3.71. The number of thioether (sulfide) groups is 1. The molecule has 1 amide bonds. The summed E-state index contributed by atoms with van der Waals surface area (Å²) in [6.07, 6.45) is 1.03. The minimum atomic E-state index is -3.71. The van der Waals surface area contributed by atoms with Crippen molar-refractivity contribution in [3.63, 3.8) is 0 Å². The smallest absolute Gasteiger partial charge is 0.234 e. The number of carbonyl (C=O) groups excluding carboxylic acids is 1. The molecule has 0 spiro atoms. The van der Waals surface area contributed by atoms with Gasteiger partial charge in [-0.3, -0.25) is 9.10 Å². The van der Waals surface area contributed by atoms with E-state index in [2.05, 4.69) is 15.5 Å². The molecule has 0 atom stereocenters. The first-order valence-electron chi connectivity index (χ1n) is 9.61. The maximum Gasteiger partial charge on any atom is 0.234 e. The van der Waals surface area contributed by atoms with Gasteiger partial charge in [0.2, 0.25) is 15.9 Å². The van der Waals surface area contributed by atoms with E-state index in [4.69, 9.17) is 0 Å². The van der Waals surface area contributed by atoms with Crippen molar-refractivity contribution in [3.8, 4) is 0 Å². The molecule has 33 heavy (non-hydrogen) atoms. The Morgan fingerprint density at radius 3 is 2.39 bits per heavy atom. The van der Waals surface area contributed by atoms with Gasteiger partial charge in [0.15, 0.2) is 22.6 Å². The predicted molar refractivity (Wildman–Crippen MR) is 119 cm³/mol. The van der Waals surface area contributed by atoms with E-state index >= 15 is 0 Å². The molecule has 13 heteroatoms. The van der Waals surface area contributed by atoms with Crippen LogP contribution in [0.25, 0.3) is 0 Å². The van der Waals surface area contributed by atoms with Crippen LogP contribution in [0.4, 0.5) is 24.5 Å². The number of halogens is 3. The molecule has 1 heterocycles. The van der Waals surface area contributed by atoms with Gasteiger partial charge in [-0.05, 0) is 43.3 Å². The molecule has 176 valence electrons. The number of benzene rings is 2. The van der Waals surface area contributed by atoms with Gasteiger partial charge in [0.05, 0.1) is 24.2 Å². The van der Waals surface area contributed by atoms with E-state index in [1.807, 2.05) is 0 Å². The molecule has 8 nitrogen and oxygen atoms in total. The van der Waals surface area contributed by atoms with Crippen LogP contribution >= 0.6 is 11.8 Å². The molecule has 3 rings (SSSR count). The highest BCUT2D eigenvalue weighted by atomic mass is 32.2. The van der Waals surface area contributed by atoms with Crippen molar-refractivity contribution in [1.29, 1.82) is 0 Å². The highest BCUT2D eigenvalue weighted by molar-refractivity contribution is 7.99. The minimum absolute atomic E-state index is 0.0924. The number of sulfonamides is 1. The molecule has 3 aromatic rings. The second-order valence-corrected chi connectivity index (χ2v) is 9.70. The summed E-state index contributed by atoms with van der Waals surface area (Å²) in [6, 6.07) is 8.04. The Labute approximate surface area is 192 Å². The number of nitrogens with zero attached hydrogens (tertiary/aromatic N) is 4. The quantitative estimate of drug-likeness (QED) is 0.453. The molecular formula is C20H20F3N5O3S2. The van der Waals surface area contributed by atoms with Gasteiger partial charge in [0.1, 0.15) is 5.82 Å². The first-order chi connectivity index (χ1) is 15.6. The standard InChI is InChI=1S/C20H20F3N5O3S2/c1-3-27-18(11-28(33(2,30)31)15-7-4-13(21)5-8-15)25-26-20(27)32-12-19(29)24-14-6-9-16(22)17(23)10-14/h4-10H,3,11-12H2,1-2H3,(H,24,29). The van der Waals surface area contributed by atoms with Crippen molar-refractivity contribution < 1.29 is 26.4 Å². The second-order valence-electron chi connectivity index (χ2n) is 6.85. The summed E-state index contributed by atoms with van der Waals surface area (Å²) in [4.78, 5) is 12.2. The number of aromatic nitrogens is 3. The van der Waals surface area contributed by atoms with E-state index in [1.165, 1.54) is 18.2 Å². The van der Waals surface area contributed by atoms with E-state index in [-0.39, 0.29) is 23.7 Å². The van der Waals surface area contributed by atoms with Crippen molar-refractivity contribution in [1.82, 2.24) is 14.8 Å². The van der Waals surface area contributed by atoms with Crippen LogP contribution < -0.4 is 9.62 Å². The first kappa shape index (κ1) is 24.6. The zero-order valence-corrected chi connectivity index (χ0v) is 19.3. The van der Waals surface area contributed by atoms with E-state index in [0.717, 1.165) is 46.6 Å². The lowest BCUT2D eigenvalue weighted by Gasteiger charge is -2.22. The summed E-state index contributed by atoms with van der Waals surface area (Å²) in [6.45, 7) is 2.06. The zero-order valence-electron chi connectivity index (χ0n) is 17.6. The number of hydrogen-bond acceptors (Lipinski definition) is 6. The average molecular weight is 500 g/mol. The molecule has 0 aliphatic carbocycles. The van der Waals surface area contributed by atoms with E-state index in [0.29, 0.717) is 17.5 Å². The van der Waals surface area contributed by atoms with Gasteiger partial charge in [0.25, 0.3) is 0 Å². The number of carbonyl (C=O) groups is 1. The fourth-order valence-corrected chi connectivity index (χ4v) is 4.57. The van der Waals surface area contributed by atoms with Gasteiger partial charge < -0.3 is 9.88 Å². The first-order valence-corrected chi connectivity index (χ1v) is 12.4. The van der Waals surface area contributed by atoms with Crippen LogP contribution in [0.15, 0.2) is 47.6 Å². The van der Waals surface area contributed by atoms with Crippen LogP contribution in [0.1, 0.15) is 12.7 Å². The summed E-state index contributed by atoms with van der Waals surface area (Å²) >= 11 is 1.05. The number of amides is 1. The Balaban J connectivity index is 1.72. The summed E-state index contributed by atoms with van der Waals surface area (Å²) in [5.41, 5.74) is 0.380. The Bertz CT molecular complexity index is 1250. The van der Waals surface area contributed by atoms with Crippen LogP contribution in [-0.4, -0.2) is 41.1 Å². The largest absolute Gasteiger partial charge is 0.325 e. The number of rotatable bonds is 9. The average Bonchev–Trinajstić information content (AvgIpc) is 3.15. The lowest BCUT2D eigenvalue weighted by molar-refractivity contribution is -0.113. The molecule has 0 saturated carbocycles. The van der Waals surface area contributed by atoms with Gasteiger partial charge in [-0.1, -0.05) is 11.8 Å². The Morgan fingerprint density at radius 2 is 1.79 bits per heavy atom. The van der Waals surface area contributed by atoms with Crippen molar-refractivity contribution in [2.75, 3.05) is 21.6 Å². The molecule has 0 saturated heterocycles. The van der Waals surface area contributed by atoms with Gasteiger partial charge >= 0.3 is 0 Å². The number of anilines is 2. The highest BCUT2D eigenvalue weighted by Crippen LogP contribution is 2.23. The molecule has 0 fully saturated rings. The molecule has 0 bridgehead atoms. The Kier molecular flexibility index (Phi) is 7.64. The van der Waals surface area contributed by atoms with Gasteiger partial charge in [0, 0.05) is 18.3 Å². The second kappa shape index (κ2) is 10.3. The monoisotopic (exact) mass is 499 g/mol. The Morgan fingerprint density at radius 1 is 1.09 bits per heavy atom. The van der Waals surface area contributed by atoms with Gasteiger partial charge in [-0.15, -0.1) is 10.2 Å². The lowest BCUT2D eigenvalue weighted by atomic mass is 10.3. The van der Waals surface area contributed by atoms with E-state index < -0.39 is 33.4 Å². The molecule has 1 aromatic heterocycles. The van der Waals surface area contributed by atoms with Crippen molar-refractivity contribution in [3.05, 3.63) is 65.7 Å². The normalized spacial score (nSPS) is 11.4.